The van der Waals surface area contributed by atoms with E-state index in [1.807, 2.05) is 19.1 Å². The summed E-state index contributed by atoms with van der Waals surface area (Å²) in [5.41, 5.74) is 3.76. The average molecular weight is 386 g/mol. The first-order valence-corrected chi connectivity index (χ1v) is 9.56. The van der Waals surface area contributed by atoms with Crippen molar-refractivity contribution in [1.82, 2.24) is 4.57 Å². The molecule has 0 spiro atoms. The molecule has 2 aliphatic rings. The third-order valence-corrected chi connectivity index (χ3v) is 5.44. The van der Waals surface area contributed by atoms with E-state index in [0.29, 0.717) is 32.1 Å². The SMILES string of the molecule is COc1ccc2c(c1OC)CCn1c(NCC3COCCO3)cc(=O)c(C)c1-2. The normalized spacial score (nSPS) is 18.2. The number of hydrogen-bond donors (Lipinski definition) is 1. The van der Waals surface area contributed by atoms with Crippen molar-refractivity contribution in [2.24, 2.45) is 0 Å². The van der Waals surface area contributed by atoms with Crippen molar-refractivity contribution in [2.45, 2.75) is 26.0 Å². The van der Waals surface area contributed by atoms with Crippen LogP contribution in [0.2, 0.25) is 0 Å². The highest BCUT2D eigenvalue weighted by Gasteiger charge is 2.26. The van der Waals surface area contributed by atoms with Crippen LogP contribution in [0, 0.1) is 6.92 Å². The zero-order valence-corrected chi connectivity index (χ0v) is 16.5. The van der Waals surface area contributed by atoms with Crippen LogP contribution in [0.4, 0.5) is 5.82 Å². The van der Waals surface area contributed by atoms with Gasteiger partial charge in [-0.15, -0.1) is 0 Å². The largest absolute Gasteiger partial charge is 0.493 e. The van der Waals surface area contributed by atoms with Crippen LogP contribution in [-0.4, -0.2) is 51.3 Å². The summed E-state index contributed by atoms with van der Waals surface area (Å²) in [6, 6.07) is 5.58. The fourth-order valence-corrected chi connectivity index (χ4v) is 4.03. The first kappa shape index (κ1) is 18.8. The van der Waals surface area contributed by atoms with Crippen LogP contribution < -0.4 is 20.2 Å². The minimum atomic E-state index is -0.0124. The van der Waals surface area contributed by atoms with Crippen LogP contribution in [-0.2, 0) is 22.4 Å². The number of benzene rings is 1. The van der Waals surface area contributed by atoms with Crippen LogP contribution in [0.5, 0.6) is 11.5 Å². The Balaban J connectivity index is 1.75. The van der Waals surface area contributed by atoms with Gasteiger partial charge >= 0.3 is 0 Å². The summed E-state index contributed by atoms with van der Waals surface area (Å²) < 4.78 is 24.4. The second kappa shape index (κ2) is 7.85. The molecule has 2 aromatic rings. The van der Waals surface area contributed by atoms with Gasteiger partial charge in [0.25, 0.3) is 0 Å². The minimum absolute atomic E-state index is 0.0113. The molecule has 1 aromatic carbocycles. The highest BCUT2D eigenvalue weighted by Crippen LogP contribution is 2.42. The summed E-state index contributed by atoms with van der Waals surface area (Å²) in [4.78, 5) is 12.7. The first-order chi connectivity index (χ1) is 13.6. The first-order valence-electron chi connectivity index (χ1n) is 9.56. The zero-order chi connectivity index (χ0) is 19.7. The Morgan fingerprint density at radius 1 is 1.25 bits per heavy atom. The number of anilines is 1. The zero-order valence-electron chi connectivity index (χ0n) is 16.5. The molecule has 1 unspecified atom stereocenters. The number of hydrogen-bond acceptors (Lipinski definition) is 6. The van der Waals surface area contributed by atoms with Crippen molar-refractivity contribution in [3.63, 3.8) is 0 Å². The van der Waals surface area contributed by atoms with Crippen LogP contribution in [0.3, 0.4) is 0 Å². The molecule has 0 bridgehead atoms. The Labute approximate surface area is 164 Å². The average Bonchev–Trinajstić information content (AvgIpc) is 2.74. The van der Waals surface area contributed by atoms with Gasteiger partial charge in [-0.25, -0.2) is 0 Å². The fourth-order valence-electron chi connectivity index (χ4n) is 4.03. The number of pyridine rings is 1. The summed E-state index contributed by atoms with van der Waals surface area (Å²) in [7, 11) is 3.28. The van der Waals surface area contributed by atoms with E-state index in [9.17, 15) is 4.79 Å². The molecule has 0 saturated carbocycles. The van der Waals surface area contributed by atoms with E-state index in [2.05, 4.69) is 9.88 Å². The molecule has 1 fully saturated rings. The summed E-state index contributed by atoms with van der Waals surface area (Å²) in [6.07, 6.45) is 0.782. The van der Waals surface area contributed by atoms with Crippen molar-refractivity contribution in [3.05, 3.63) is 39.5 Å². The number of rotatable bonds is 5. The number of aromatic nitrogens is 1. The molecule has 150 valence electrons. The van der Waals surface area contributed by atoms with E-state index in [-0.39, 0.29) is 11.5 Å². The number of ether oxygens (including phenoxy) is 4. The molecule has 0 aliphatic carbocycles. The van der Waals surface area contributed by atoms with Crippen LogP contribution in [0.15, 0.2) is 23.0 Å². The summed E-state index contributed by atoms with van der Waals surface area (Å²) in [6.45, 7) is 5.03. The van der Waals surface area contributed by atoms with Gasteiger partial charge in [-0.05, 0) is 25.5 Å². The molecule has 2 aliphatic heterocycles. The molecule has 1 atom stereocenters. The Morgan fingerprint density at radius 2 is 2.11 bits per heavy atom. The highest BCUT2D eigenvalue weighted by molar-refractivity contribution is 5.75. The summed E-state index contributed by atoms with van der Waals surface area (Å²) in [5, 5.41) is 3.39. The Morgan fingerprint density at radius 3 is 2.82 bits per heavy atom. The lowest BCUT2D eigenvalue weighted by atomic mass is 9.93. The third kappa shape index (κ3) is 3.25. The minimum Gasteiger partial charge on any atom is -0.493 e. The maximum Gasteiger partial charge on any atom is 0.187 e. The predicted octanol–water partition coefficient (Wildman–Crippen LogP) is 2.22. The standard InChI is InChI=1S/C21H26N2O5/c1-13-17(24)10-19(22-11-14-12-27-8-9-28-14)23-7-6-16-15(20(13)23)4-5-18(25-2)21(16)26-3/h4-5,10,14,22H,6-9,11-12H2,1-3H3. The Kier molecular flexibility index (Phi) is 5.28. The van der Waals surface area contributed by atoms with Crippen molar-refractivity contribution < 1.29 is 18.9 Å². The third-order valence-electron chi connectivity index (χ3n) is 5.44. The molecule has 1 aromatic heterocycles. The lowest BCUT2D eigenvalue weighted by molar-refractivity contribution is -0.0819. The van der Waals surface area contributed by atoms with E-state index in [0.717, 1.165) is 46.9 Å². The van der Waals surface area contributed by atoms with E-state index >= 15 is 0 Å². The molecule has 7 nitrogen and oxygen atoms in total. The highest BCUT2D eigenvalue weighted by atomic mass is 16.6. The smallest absolute Gasteiger partial charge is 0.187 e. The van der Waals surface area contributed by atoms with Gasteiger partial charge in [-0.1, -0.05) is 0 Å². The predicted molar refractivity (Wildman–Crippen MR) is 107 cm³/mol. The molecular formula is C21H26N2O5. The summed E-state index contributed by atoms with van der Waals surface area (Å²) >= 11 is 0. The van der Waals surface area contributed by atoms with E-state index in [1.165, 1.54) is 0 Å². The molecular weight excluding hydrogens is 360 g/mol. The van der Waals surface area contributed by atoms with Crippen molar-refractivity contribution >= 4 is 5.82 Å². The number of fused-ring (bicyclic) bond motifs is 3. The monoisotopic (exact) mass is 386 g/mol. The van der Waals surface area contributed by atoms with Gasteiger partial charge < -0.3 is 28.8 Å². The second-order valence-electron chi connectivity index (χ2n) is 7.04. The quantitative estimate of drug-likeness (QED) is 0.850. The van der Waals surface area contributed by atoms with Crippen LogP contribution in [0.1, 0.15) is 11.1 Å². The molecule has 28 heavy (non-hydrogen) atoms. The lowest BCUT2D eigenvalue weighted by Gasteiger charge is -2.30. The van der Waals surface area contributed by atoms with Gasteiger partial charge in [0, 0.05) is 35.8 Å². The van der Waals surface area contributed by atoms with Gasteiger partial charge in [0.05, 0.1) is 45.8 Å². The number of methoxy groups -OCH3 is 2. The molecule has 0 amide bonds. The summed E-state index contributed by atoms with van der Waals surface area (Å²) in [5.74, 6) is 2.25. The molecule has 1 N–H and O–H groups in total. The lowest BCUT2D eigenvalue weighted by Crippen LogP contribution is -2.35. The van der Waals surface area contributed by atoms with E-state index in [4.69, 9.17) is 18.9 Å². The maximum atomic E-state index is 12.7. The van der Waals surface area contributed by atoms with Crippen LogP contribution >= 0.6 is 0 Å². The van der Waals surface area contributed by atoms with Crippen molar-refractivity contribution in [1.29, 1.82) is 0 Å². The van der Waals surface area contributed by atoms with Crippen molar-refractivity contribution in [3.8, 4) is 22.8 Å². The van der Waals surface area contributed by atoms with Gasteiger partial charge in [0.1, 0.15) is 5.82 Å². The van der Waals surface area contributed by atoms with Gasteiger partial charge in [0.15, 0.2) is 16.9 Å². The Bertz CT molecular complexity index is 931. The number of nitrogens with one attached hydrogen (secondary N) is 1. The fraction of sp³-hybridized carbons (Fsp3) is 0.476. The van der Waals surface area contributed by atoms with Crippen molar-refractivity contribution in [2.75, 3.05) is 45.9 Å². The van der Waals surface area contributed by atoms with Crippen LogP contribution in [0.25, 0.3) is 11.3 Å². The Hall–Kier alpha value is -2.51. The topological polar surface area (TPSA) is 71.0 Å². The number of nitrogens with zero attached hydrogens (tertiary/aromatic N) is 1. The molecule has 1 saturated heterocycles. The second-order valence-corrected chi connectivity index (χ2v) is 7.04. The van der Waals surface area contributed by atoms with E-state index < -0.39 is 0 Å². The molecule has 3 heterocycles. The molecule has 7 heteroatoms. The van der Waals surface area contributed by atoms with Gasteiger partial charge in [0.2, 0.25) is 0 Å². The van der Waals surface area contributed by atoms with Gasteiger partial charge in [-0.3, -0.25) is 4.79 Å². The van der Waals surface area contributed by atoms with E-state index in [1.54, 1.807) is 20.3 Å². The molecule has 4 rings (SSSR count). The van der Waals surface area contributed by atoms with Gasteiger partial charge in [-0.2, -0.15) is 0 Å². The molecule has 0 radical (unpaired) electrons. The maximum absolute atomic E-state index is 12.7.